The van der Waals surface area contributed by atoms with Crippen LogP contribution in [0.5, 0.6) is 0 Å². The predicted octanol–water partition coefficient (Wildman–Crippen LogP) is 7.69. The van der Waals surface area contributed by atoms with Crippen molar-refractivity contribution in [3.63, 3.8) is 0 Å². The van der Waals surface area contributed by atoms with Crippen LogP contribution < -0.4 is 0 Å². The zero-order chi connectivity index (χ0) is 29.1. The number of benzene rings is 3. The third-order valence-electron chi connectivity index (χ3n) is 8.06. The predicted molar refractivity (Wildman–Crippen MR) is 159 cm³/mol. The maximum atomic E-state index is 14.0. The molecular formula is C35H35NO5. The number of fused-ring (bicyclic) bond motifs is 3. The van der Waals surface area contributed by atoms with E-state index in [1.807, 2.05) is 55.5 Å². The molecule has 6 nitrogen and oxygen atoms in total. The fourth-order valence-corrected chi connectivity index (χ4v) is 6.26. The number of aliphatic hydroxyl groups excluding tert-OH is 1. The van der Waals surface area contributed by atoms with Crippen molar-refractivity contribution >= 4 is 17.5 Å². The minimum atomic E-state index is -0.796. The molecule has 210 valence electrons. The number of carbonyl (C=O) groups is 2. The van der Waals surface area contributed by atoms with Crippen LogP contribution in [0, 0.1) is 6.92 Å². The molecule has 5 rings (SSSR count). The Morgan fingerprint density at radius 3 is 2.24 bits per heavy atom. The van der Waals surface area contributed by atoms with Gasteiger partial charge in [0.05, 0.1) is 12.5 Å². The molecule has 1 aromatic heterocycles. The zero-order valence-electron chi connectivity index (χ0n) is 23.9. The van der Waals surface area contributed by atoms with Gasteiger partial charge in [0.25, 0.3) is 0 Å². The van der Waals surface area contributed by atoms with E-state index < -0.39 is 12.1 Å². The molecule has 3 aromatic carbocycles. The molecule has 0 aliphatic heterocycles. The number of rotatable bonds is 10. The molecule has 1 atom stereocenters. The van der Waals surface area contributed by atoms with Crippen molar-refractivity contribution in [1.29, 1.82) is 0 Å². The fraction of sp³-hybridized carbons (Fsp3) is 0.286. The largest absolute Gasteiger partial charge is 0.472 e. The summed E-state index contributed by atoms with van der Waals surface area (Å²) in [6, 6.07) is 21.2. The van der Waals surface area contributed by atoms with Crippen molar-refractivity contribution in [3.05, 3.63) is 118 Å². The molecule has 1 aliphatic carbocycles. The van der Waals surface area contributed by atoms with E-state index in [0.717, 1.165) is 53.5 Å². The lowest BCUT2D eigenvalue weighted by Gasteiger charge is -2.32. The number of ketones is 1. The van der Waals surface area contributed by atoms with Gasteiger partial charge in [-0.25, -0.2) is 4.79 Å². The Morgan fingerprint density at radius 1 is 0.927 bits per heavy atom. The van der Waals surface area contributed by atoms with Gasteiger partial charge < -0.3 is 14.4 Å². The van der Waals surface area contributed by atoms with Crippen molar-refractivity contribution in [2.75, 3.05) is 0 Å². The first-order valence-electron chi connectivity index (χ1n) is 14.2. The third-order valence-corrected chi connectivity index (χ3v) is 8.06. The Balaban J connectivity index is 1.64. The fourth-order valence-electron chi connectivity index (χ4n) is 6.26. The summed E-state index contributed by atoms with van der Waals surface area (Å²) in [7, 11) is 0. The molecule has 1 unspecified atom stereocenters. The maximum Gasteiger partial charge on any atom is 0.332 e. The molecule has 6 heteroatoms. The van der Waals surface area contributed by atoms with Crippen LogP contribution >= 0.6 is 0 Å². The standard InChI is InChI=1S/C35H35NO5/c1-5-16-35(17-6-2)30-19-24(33(38)26-15-18-40-21-26)11-13-28(30)29-14-12-25(20-31(29)35)34(39)32(36-41-23(4)37)27-10-8-7-9-22(27)3/h7-15,18-21,33,38H,5-6,16-17H2,1-4H3/b36-32+. The summed E-state index contributed by atoms with van der Waals surface area (Å²) in [4.78, 5) is 30.6. The van der Waals surface area contributed by atoms with Crippen LogP contribution in [0.3, 0.4) is 0 Å². The average Bonchev–Trinajstić information content (AvgIpc) is 3.60. The highest BCUT2D eigenvalue weighted by atomic mass is 16.7. The molecule has 1 N–H and O–H groups in total. The molecule has 4 aromatic rings. The van der Waals surface area contributed by atoms with Gasteiger partial charge in [0.1, 0.15) is 6.10 Å². The summed E-state index contributed by atoms with van der Waals surface area (Å²) in [6.45, 7) is 7.51. The number of oxime groups is 1. The van der Waals surface area contributed by atoms with E-state index in [0.29, 0.717) is 16.7 Å². The summed E-state index contributed by atoms with van der Waals surface area (Å²) < 4.78 is 5.21. The summed E-state index contributed by atoms with van der Waals surface area (Å²) in [5.41, 5.74) is 7.76. The van der Waals surface area contributed by atoms with Gasteiger partial charge in [-0.05, 0) is 65.3 Å². The normalized spacial score (nSPS) is 14.3. The minimum absolute atomic E-state index is 0.0934. The second-order valence-corrected chi connectivity index (χ2v) is 10.8. The lowest BCUT2D eigenvalue weighted by molar-refractivity contribution is -0.140. The van der Waals surface area contributed by atoms with E-state index in [1.165, 1.54) is 12.5 Å². The van der Waals surface area contributed by atoms with E-state index in [-0.39, 0.29) is 16.9 Å². The lowest BCUT2D eigenvalue weighted by atomic mass is 9.71. The molecule has 0 saturated carbocycles. The number of hydrogen-bond donors (Lipinski definition) is 1. The number of aryl methyl sites for hydroxylation is 1. The molecule has 41 heavy (non-hydrogen) atoms. The van der Waals surface area contributed by atoms with Crippen molar-refractivity contribution < 1.29 is 24.0 Å². The topological polar surface area (TPSA) is 89.1 Å². The minimum Gasteiger partial charge on any atom is -0.472 e. The van der Waals surface area contributed by atoms with Gasteiger partial charge in [0.2, 0.25) is 5.78 Å². The molecule has 0 amide bonds. The van der Waals surface area contributed by atoms with Crippen LogP contribution in [0.15, 0.2) is 88.8 Å². The van der Waals surface area contributed by atoms with Gasteiger partial charge in [0.15, 0.2) is 5.71 Å². The second kappa shape index (κ2) is 11.7. The van der Waals surface area contributed by atoms with Crippen molar-refractivity contribution in [2.45, 2.75) is 64.9 Å². The van der Waals surface area contributed by atoms with E-state index >= 15 is 0 Å². The first-order chi connectivity index (χ1) is 19.8. The first-order valence-corrected chi connectivity index (χ1v) is 14.2. The summed E-state index contributed by atoms with van der Waals surface area (Å²) in [5.74, 6) is -0.899. The SMILES string of the molecule is CCCC1(CCC)c2cc(C(=O)/C(=N/OC(C)=O)c3ccccc3C)ccc2-c2ccc(C(O)c3ccoc3)cc21. The lowest BCUT2D eigenvalue weighted by Crippen LogP contribution is -2.26. The Bertz CT molecular complexity index is 1610. The Labute approximate surface area is 240 Å². The van der Waals surface area contributed by atoms with Gasteiger partial charge >= 0.3 is 5.97 Å². The number of carbonyl (C=O) groups excluding carboxylic acids is 2. The van der Waals surface area contributed by atoms with Crippen molar-refractivity contribution in [2.24, 2.45) is 5.16 Å². The van der Waals surface area contributed by atoms with E-state index in [2.05, 4.69) is 31.1 Å². The molecule has 0 radical (unpaired) electrons. The highest BCUT2D eigenvalue weighted by Crippen LogP contribution is 2.54. The van der Waals surface area contributed by atoms with E-state index in [1.54, 1.807) is 18.6 Å². The van der Waals surface area contributed by atoms with Gasteiger partial charge in [-0.1, -0.05) is 86.4 Å². The average molecular weight is 550 g/mol. The quantitative estimate of drug-likeness (QED) is 0.0948. The number of aliphatic hydroxyl groups is 1. The molecule has 0 spiro atoms. The number of Topliss-reactive ketones (excluding diaryl/α,β-unsaturated/α-hetero) is 1. The Morgan fingerprint density at radius 2 is 1.61 bits per heavy atom. The first kappa shape index (κ1) is 28.2. The van der Waals surface area contributed by atoms with Crippen LogP contribution in [0.4, 0.5) is 0 Å². The number of hydrogen-bond acceptors (Lipinski definition) is 6. The Hall–Kier alpha value is -4.29. The van der Waals surface area contributed by atoms with E-state index in [4.69, 9.17) is 9.25 Å². The highest BCUT2D eigenvalue weighted by molar-refractivity contribution is 6.51. The monoisotopic (exact) mass is 549 g/mol. The van der Waals surface area contributed by atoms with Crippen LogP contribution in [0.25, 0.3) is 11.1 Å². The molecule has 0 fully saturated rings. The molecule has 1 aliphatic rings. The van der Waals surface area contributed by atoms with Gasteiger partial charge in [-0.3, -0.25) is 4.79 Å². The third kappa shape index (κ3) is 5.16. The summed E-state index contributed by atoms with van der Waals surface area (Å²) in [5, 5.41) is 15.1. The van der Waals surface area contributed by atoms with Crippen molar-refractivity contribution in [3.8, 4) is 11.1 Å². The van der Waals surface area contributed by atoms with Crippen LogP contribution in [0.2, 0.25) is 0 Å². The number of furan rings is 1. The van der Waals surface area contributed by atoms with Gasteiger partial charge in [-0.2, -0.15) is 0 Å². The smallest absolute Gasteiger partial charge is 0.332 e. The molecule has 1 heterocycles. The molecule has 0 bridgehead atoms. The van der Waals surface area contributed by atoms with Gasteiger partial charge in [-0.15, -0.1) is 0 Å². The maximum absolute atomic E-state index is 14.0. The zero-order valence-corrected chi connectivity index (χ0v) is 23.9. The summed E-state index contributed by atoms with van der Waals surface area (Å²) in [6.07, 6.45) is 6.04. The van der Waals surface area contributed by atoms with Crippen LogP contribution in [-0.2, 0) is 15.0 Å². The van der Waals surface area contributed by atoms with Crippen LogP contribution in [0.1, 0.15) is 96.3 Å². The van der Waals surface area contributed by atoms with E-state index in [9.17, 15) is 14.7 Å². The molecule has 0 saturated heterocycles. The van der Waals surface area contributed by atoms with Crippen molar-refractivity contribution in [1.82, 2.24) is 0 Å². The number of nitrogens with zero attached hydrogens (tertiary/aromatic N) is 1. The molecular weight excluding hydrogens is 514 g/mol. The Kier molecular flexibility index (Phi) is 8.04. The van der Waals surface area contributed by atoms with Crippen LogP contribution in [-0.4, -0.2) is 22.6 Å². The second-order valence-electron chi connectivity index (χ2n) is 10.8. The van der Waals surface area contributed by atoms with Gasteiger partial charge in [0, 0.05) is 29.0 Å². The summed E-state index contributed by atoms with van der Waals surface area (Å²) >= 11 is 0. The highest BCUT2D eigenvalue weighted by Gasteiger charge is 2.42.